The van der Waals surface area contributed by atoms with Gasteiger partial charge in [-0.25, -0.2) is 4.68 Å². The third kappa shape index (κ3) is 4.14. The lowest BCUT2D eigenvalue weighted by Gasteiger charge is -2.09. The molecule has 0 saturated heterocycles. The first-order valence-corrected chi connectivity index (χ1v) is 6.63. The summed E-state index contributed by atoms with van der Waals surface area (Å²) in [5.41, 5.74) is 6.93. The molecule has 0 atom stereocenters. The number of nitrogens with two attached hydrogens (primary N) is 1. The lowest BCUT2D eigenvalue weighted by Crippen LogP contribution is -2.19. The van der Waals surface area contributed by atoms with Crippen LogP contribution in [0.5, 0.6) is 0 Å². The number of hydrogen-bond donors (Lipinski definition) is 1. The van der Waals surface area contributed by atoms with Gasteiger partial charge in [-0.05, 0) is 38.5 Å². The van der Waals surface area contributed by atoms with Gasteiger partial charge in [-0.2, -0.15) is 13.2 Å². The van der Waals surface area contributed by atoms with Crippen LogP contribution in [0.25, 0.3) is 11.4 Å². The molecule has 1 aromatic carbocycles. The zero-order chi connectivity index (χ0) is 15.5. The van der Waals surface area contributed by atoms with Crippen molar-refractivity contribution in [1.82, 2.24) is 20.2 Å². The number of rotatable bonds is 5. The van der Waals surface area contributed by atoms with Crippen molar-refractivity contribution in [2.45, 2.75) is 12.7 Å². The molecule has 0 saturated carbocycles. The maximum Gasteiger partial charge on any atom is 0.411 e. The van der Waals surface area contributed by atoms with E-state index in [0.717, 1.165) is 0 Å². The number of aromatic nitrogens is 4. The highest BCUT2D eigenvalue weighted by molar-refractivity contribution is 9.10. The van der Waals surface area contributed by atoms with Crippen LogP contribution in [-0.2, 0) is 11.3 Å². The van der Waals surface area contributed by atoms with Crippen molar-refractivity contribution in [1.29, 1.82) is 0 Å². The van der Waals surface area contributed by atoms with E-state index in [1.165, 1.54) is 4.68 Å². The molecular weight excluding hydrogens is 355 g/mol. The molecule has 1 heterocycles. The minimum Gasteiger partial charge on any atom is -0.398 e. The molecule has 0 bridgehead atoms. The third-order valence-electron chi connectivity index (χ3n) is 2.51. The summed E-state index contributed by atoms with van der Waals surface area (Å²) in [6, 6.07) is 5.18. The fourth-order valence-electron chi connectivity index (χ4n) is 1.61. The summed E-state index contributed by atoms with van der Waals surface area (Å²) >= 11 is 3.33. The summed E-state index contributed by atoms with van der Waals surface area (Å²) in [6.07, 6.45) is -4.35. The number of ether oxygens (including phenoxy) is 1. The molecule has 2 aromatic rings. The second-order valence-corrected chi connectivity index (χ2v) is 4.90. The maximum atomic E-state index is 12.0. The van der Waals surface area contributed by atoms with E-state index in [-0.39, 0.29) is 13.2 Å². The molecular formula is C11H11BrF3N5O. The Bertz CT molecular complexity index is 616. The van der Waals surface area contributed by atoms with Gasteiger partial charge in [0.15, 0.2) is 5.82 Å². The number of nitrogen functional groups attached to an aromatic ring is 1. The Balaban J connectivity index is 2.07. The lowest BCUT2D eigenvalue weighted by molar-refractivity contribution is -0.174. The van der Waals surface area contributed by atoms with Crippen LogP contribution in [-0.4, -0.2) is 39.6 Å². The van der Waals surface area contributed by atoms with Gasteiger partial charge in [-0.15, -0.1) is 5.10 Å². The fraction of sp³-hybridized carbons (Fsp3) is 0.364. The third-order valence-corrected chi connectivity index (χ3v) is 3.40. The molecule has 1 aromatic heterocycles. The average molecular weight is 366 g/mol. The van der Waals surface area contributed by atoms with Crippen molar-refractivity contribution in [3.63, 3.8) is 0 Å². The molecule has 0 radical (unpaired) electrons. The highest BCUT2D eigenvalue weighted by Gasteiger charge is 2.27. The van der Waals surface area contributed by atoms with Crippen LogP contribution in [0.3, 0.4) is 0 Å². The van der Waals surface area contributed by atoms with Gasteiger partial charge in [0.25, 0.3) is 0 Å². The fourth-order valence-corrected chi connectivity index (χ4v) is 2.05. The van der Waals surface area contributed by atoms with E-state index in [9.17, 15) is 13.2 Å². The predicted octanol–water partition coefficient (Wildman–Crippen LogP) is 2.26. The van der Waals surface area contributed by atoms with Gasteiger partial charge >= 0.3 is 6.18 Å². The molecule has 0 aliphatic rings. The molecule has 2 rings (SSSR count). The topological polar surface area (TPSA) is 78.9 Å². The number of tetrazole rings is 1. The second-order valence-electron chi connectivity index (χ2n) is 4.10. The van der Waals surface area contributed by atoms with Gasteiger partial charge in [0.2, 0.25) is 0 Å². The first kappa shape index (κ1) is 15.7. The number of nitrogens with zero attached hydrogens (tertiary/aromatic N) is 4. The van der Waals surface area contributed by atoms with Crippen LogP contribution >= 0.6 is 15.9 Å². The van der Waals surface area contributed by atoms with Crippen LogP contribution in [0.15, 0.2) is 22.7 Å². The summed E-state index contributed by atoms with van der Waals surface area (Å²) in [5.74, 6) is 0.393. The Morgan fingerprint density at radius 3 is 2.81 bits per heavy atom. The van der Waals surface area contributed by atoms with Gasteiger partial charge in [0, 0.05) is 11.3 Å². The number of hydrogen-bond acceptors (Lipinski definition) is 5. The number of alkyl halides is 3. The highest BCUT2D eigenvalue weighted by Crippen LogP contribution is 2.30. The Labute approximate surface area is 126 Å². The molecule has 0 unspecified atom stereocenters. The molecule has 0 aliphatic carbocycles. The Morgan fingerprint density at radius 2 is 2.10 bits per heavy atom. The molecule has 114 valence electrons. The molecule has 21 heavy (non-hydrogen) atoms. The zero-order valence-electron chi connectivity index (χ0n) is 10.6. The Kier molecular flexibility index (Phi) is 4.78. The SMILES string of the molecule is Nc1cccc(-c2nnnn2CCOCC(F)(F)F)c1Br. The Morgan fingerprint density at radius 1 is 1.33 bits per heavy atom. The van der Waals surface area contributed by atoms with Crippen molar-refractivity contribution in [3.8, 4) is 11.4 Å². The van der Waals surface area contributed by atoms with Crippen molar-refractivity contribution < 1.29 is 17.9 Å². The van der Waals surface area contributed by atoms with E-state index < -0.39 is 12.8 Å². The summed E-state index contributed by atoms with van der Waals surface area (Å²) in [6.45, 7) is -1.36. The van der Waals surface area contributed by atoms with Crippen LogP contribution in [0.2, 0.25) is 0 Å². The van der Waals surface area contributed by atoms with E-state index >= 15 is 0 Å². The molecule has 0 amide bonds. The van der Waals surface area contributed by atoms with Gasteiger partial charge < -0.3 is 10.5 Å². The van der Waals surface area contributed by atoms with Gasteiger partial charge in [0.1, 0.15) is 6.61 Å². The number of benzene rings is 1. The summed E-state index contributed by atoms with van der Waals surface area (Å²) in [4.78, 5) is 0. The summed E-state index contributed by atoms with van der Waals surface area (Å²) in [5, 5.41) is 11.1. The second kappa shape index (κ2) is 6.39. The lowest BCUT2D eigenvalue weighted by atomic mass is 10.2. The summed E-state index contributed by atoms with van der Waals surface area (Å²) < 4.78 is 42.4. The van der Waals surface area contributed by atoms with E-state index in [1.54, 1.807) is 18.2 Å². The number of anilines is 1. The zero-order valence-corrected chi connectivity index (χ0v) is 12.2. The molecule has 6 nitrogen and oxygen atoms in total. The first-order valence-electron chi connectivity index (χ1n) is 5.83. The molecule has 10 heteroatoms. The minimum absolute atomic E-state index is 0.0969. The first-order chi connectivity index (χ1) is 9.88. The van der Waals surface area contributed by atoms with Crippen LogP contribution in [0.4, 0.5) is 18.9 Å². The van der Waals surface area contributed by atoms with E-state index in [4.69, 9.17) is 5.73 Å². The average Bonchev–Trinajstić information content (AvgIpc) is 2.85. The highest BCUT2D eigenvalue weighted by atomic mass is 79.9. The van der Waals surface area contributed by atoms with Gasteiger partial charge in [0.05, 0.1) is 17.6 Å². The Hall–Kier alpha value is -1.68. The monoisotopic (exact) mass is 365 g/mol. The van der Waals surface area contributed by atoms with Gasteiger partial charge in [-0.1, -0.05) is 6.07 Å². The smallest absolute Gasteiger partial charge is 0.398 e. The van der Waals surface area contributed by atoms with Crippen molar-refractivity contribution in [2.75, 3.05) is 18.9 Å². The van der Waals surface area contributed by atoms with Gasteiger partial charge in [-0.3, -0.25) is 0 Å². The minimum atomic E-state index is -4.35. The largest absolute Gasteiger partial charge is 0.411 e. The maximum absolute atomic E-state index is 12.0. The normalized spacial score (nSPS) is 11.8. The van der Waals surface area contributed by atoms with E-state index in [0.29, 0.717) is 21.5 Å². The van der Waals surface area contributed by atoms with Crippen LogP contribution < -0.4 is 5.73 Å². The predicted molar refractivity (Wildman–Crippen MR) is 72.2 cm³/mol. The quantitative estimate of drug-likeness (QED) is 0.649. The van der Waals surface area contributed by atoms with Crippen molar-refractivity contribution in [2.24, 2.45) is 0 Å². The molecule has 0 spiro atoms. The number of halogens is 4. The van der Waals surface area contributed by atoms with Crippen molar-refractivity contribution >= 4 is 21.6 Å². The standard InChI is InChI=1S/C11H11BrF3N5O/c12-9-7(2-1-3-8(9)16)10-17-18-19-20(10)4-5-21-6-11(13,14)15/h1-3H,4-6,16H2. The van der Waals surface area contributed by atoms with E-state index in [2.05, 4.69) is 36.2 Å². The molecule has 0 aliphatic heterocycles. The molecule has 0 fully saturated rings. The summed E-state index contributed by atoms with van der Waals surface area (Å²) in [7, 11) is 0. The van der Waals surface area contributed by atoms with Crippen molar-refractivity contribution in [3.05, 3.63) is 22.7 Å². The molecule has 2 N–H and O–H groups in total. The van der Waals surface area contributed by atoms with E-state index in [1.807, 2.05) is 0 Å². The van der Waals surface area contributed by atoms with Crippen LogP contribution in [0, 0.1) is 0 Å². The van der Waals surface area contributed by atoms with Crippen LogP contribution in [0.1, 0.15) is 0 Å².